The SMILES string of the molecule is C=CCCC1CCCO1. The van der Waals surface area contributed by atoms with E-state index in [1.54, 1.807) is 0 Å². The molecule has 1 unspecified atom stereocenters. The van der Waals surface area contributed by atoms with Crippen LogP contribution >= 0.6 is 0 Å². The molecule has 1 aliphatic rings. The summed E-state index contributed by atoms with van der Waals surface area (Å²) in [5.74, 6) is 0. The van der Waals surface area contributed by atoms with Gasteiger partial charge < -0.3 is 4.74 Å². The summed E-state index contributed by atoms with van der Waals surface area (Å²) in [6, 6.07) is 0. The van der Waals surface area contributed by atoms with Gasteiger partial charge in [-0.1, -0.05) is 6.08 Å². The first-order chi connectivity index (χ1) is 4.43. The highest BCUT2D eigenvalue weighted by Gasteiger charge is 2.13. The van der Waals surface area contributed by atoms with E-state index in [0.717, 1.165) is 13.0 Å². The zero-order chi connectivity index (χ0) is 6.53. The van der Waals surface area contributed by atoms with E-state index in [2.05, 4.69) is 6.58 Å². The lowest BCUT2D eigenvalue weighted by atomic mass is 10.1. The topological polar surface area (TPSA) is 9.23 Å². The van der Waals surface area contributed by atoms with Crippen LogP contribution in [0.25, 0.3) is 0 Å². The van der Waals surface area contributed by atoms with Gasteiger partial charge in [-0.05, 0) is 25.7 Å². The maximum absolute atomic E-state index is 5.41. The molecule has 1 saturated heterocycles. The predicted molar refractivity (Wildman–Crippen MR) is 38.4 cm³/mol. The Labute approximate surface area is 56.7 Å². The van der Waals surface area contributed by atoms with Gasteiger partial charge in [0.2, 0.25) is 0 Å². The summed E-state index contributed by atoms with van der Waals surface area (Å²) < 4.78 is 5.41. The molecule has 0 aromatic carbocycles. The summed E-state index contributed by atoms with van der Waals surface area (Å²) in [6.07, 6.45) is 7.29. The molecule has 9 heavy (non-hydrogen) atoms. The minimum atomic E-state index is 0.544. The molecule has 0 bridgehead atoms. The van der Waals surface area contributed by atoms with E-state index in [0.29, 0.717) is 6.10 Å². The maximum Gasteiger partial charge on any atom is 0.0579 e. The second-order valence-corrected chi connectivity index (χ2v) is 2.50. The van der Waals surface area contributed by atoms with Crippen molar-refractivity contribution in [1.82, 2.24) is 0 Å². The van der Waals surface area contributed by atoms with E-state index in [-0.39, 0.29) is 0 Å². The average Bonchev–Trinajstić information content (AvgIpc) is 2.34. The van der Waals surface area contributed by atoms with Crippen molar-refractivity contribution in [3.63, 3.8) is 0 Å². The maximum atomic E-state index is 5.41. The molecule has 0 amide bonds. The Morgan fingerprint density at radius 2 is 2.56 bits per heavy atom. The first-order valence-electron chi connectivity index (χ1n) is 3.66. The van der Waals surface area contributed by atoms with Crippen molar-refractivity contribution >= 4 is 0 Å². The molecule has 0 aliphatic carbocycles. The van der Waals surface area contributed by atoms with E-state index in [1.807, 2.05) is 6.08 Å². The molecule has 0 aromatic heterocycles. The zero-order valence-electron chi connectivity index (χ0n) is 5.81. The number of rotatable bonds is 3. The summed E-state index contributed by atoms with van der Waals surface area (Å²) in [5.41, 5.74) is 0. The summed E-state index contributed by atoms with van der Waals surface area (Å²) in [7, 11) is 0. The number of ether oxygens (including phenoxy) is 1. The molecule has 1 heteroatoms. The third kappa shape index (κ3) is 2.19. The minimum absolute atomic E-state index is 0.544. The quantitative estimate of drug-likeness (QED) is 0.526. The average molecular weight is 126 g/mol. The van der Waals surface area contributed by atoms with Gasteiger partial charge in [0.1, 0.15) is 0 Å². The van der Waals surface area contributed by atoms with Crippen molar-refractivity contribution in [3.05, 3.63) is 12.7 Å². The van der Waals surface area contributed by atoms with Gasteiger partial charge in [0, 0.05) is 6.61 Å². The molecule has 1 rings (SSSR count). The monoisotopic (exact) mass is 126 g/mol. The van der Waals surface area contributed by atoms with Crippen LogP contribution in [-0.2, 0) is 4.74 Å². The molecule has 0 spiro atoms. The van der Waals surface area contributed by atoms with Crippen LogP contribution in [0.4, 0.5) is 0 Å². The van der Waals surface area contributed by atoms with Crippen LogP contribution < -0.4 is 0 Å². The molecule has 0 N–H and O–H groups in total. The predicted octanol–water partition coefficient (Wildman–Crippen LogP) is 2.13. The molecule has 1 fully saturated rings. The fraction of sp³-hybridized carbons (Fsp3) is 0.750. The summed E-state index contributed by atoms with van der Waals surface area (Å²) >= 11 is 0. The van der Waals surface area contributed by atoms with Crippen molar-refractivity contribution in [2.75, 3.05) is 6.61 Å². The number of allylic oxidation sites excluding steroid dienone is 1. The normalized spacial score (nSPS) is 26.4. The Morgan fingerprint density at radius 3 is 3.11 bits per heavy atom. The lowest BCUT2D eigenvalue weighted by molar-refractivity contribution is 0.105. The van der Waals surface area contributed by atoms with E-state index in [4.69, 9.17) is 4.74 Å². The van der Waals surface area contributed by atoms with E-state index in [9.17, 15) is 0 Å². The van der Waals surface area contributed by atoms with Gasteiger partial charge in [0.25, 0.3) is 0 Å². The van der Waals surface area contributed by atoms with Crippen LogP contribution in [0.1, 0.15) is 25.7 Å². The Kier molecular flexibility index (Phi) is 2.78. The fourth-order valence-electron chi connectivity index (χ4n) is 1.18. The smallest absolute Gasteiger partial charge is 0.0579 e. The van der Waals surface area contributed by atoms with Gasteiger partial charge in [-0.2, -0.15) is 0 Å². The summed E-state index contributed by atoms with van der Waals surface area (Å²) in [6.45, 7) is 4.64. The third-order valence-electron chi connectivity index (χ3n) is 1.72. The van der Waals surface area contributed by atoms with E-state index in [1.165, 1.54) is 19.3 Å². The van der Waals surface area contributed by atoms with Gasteiger partial charge >= 0.3 is 0 Å². The van der Waals surface area contributed by atoms with E-state index < -0.39 is 0 Å². The lowest BCUT2D eigenvalue weighted by Crippen LogP contribution is -2.02. The Hall–Kier alpha value is -0.300. The van der Waals surface area contributed by atoms with Gasteiger partial charge in [-0.15, -0.1) is 6.58 Å². The minimum Gasteiger partial charge on any atom is -0.378 e. The molecule has 1 atom stereocenters. The molecule has 0 radical (unpaired) electrons. The van der Waals surface area contributed by atoms with Gasteiger partial charge in [-0.3, -0.25) is 0 Å². The first kappa shape index (κ1) is 6.81. The van der Waals surface area contributed by atoms with Crippen molar-refractivity contribution in [2.24, 2.45) is 0 Å². The van der Waals surface area contributed by atoms with Gasteiger partial charge in [0.15, 0.2) is 0 Å². The molecule has 1 aliphatic heterocycles. The molecule has 0 aromatic rings. The summed E-state index contributed by atoms with van der Waals surface area (Å²) in [4.78, 5) is 0. The standard InChI is InChI=1S/C8H14O/c1-2-3-5-8-6-4-7-9-8/h2,8H,1,3-7H2. The fourth-order valence-corrected chi connectivity index (χ4v) is 1.18. The second kappa shape index (κ2) is 3.67. The highest BCUT2D eigenvalue weighted by Crippen LogP contribution is 2.16. The molecule has 0 saturated carbocycles. The van der Waals surface area contributed by atoms with Crippen LogP contribution in [0, 0.1) is 0 Å². The Morgan fingerprint density at radius 1 is 1.67 bits per heavy atom. The van der Waals surface area contributed by atoms with Crippen LogP contribution in [-0.4, -0.2) is 12.7 Å². The molecule has 1 nitrogen and oxygen atoms in total. The van der Waals surface area contributed by atoms with Crippen molar-refractivity contribution in [3.8, 4) is 0 Å². The van der Waals surface area contributed by atoms with Crippen molar-refractivity contribution in [1.29, 1.82) is 0 Å². The van der Waals surface area contributed by atoms with Crippen molar-refractivity contribution in [2.45, 2.75) is 31.8 Å². The molecule has 1 heterocycles. The van der Waals surface area contributed by atoms with Crippen molar-refractivity contribution < 1.29 is 4.74 Å². The summed E-state index contributed by atoms with van der Waals surface area (Å²) in [5, 5.41) is 0. The van der Waals surface area contributed by atoms with Gasteiger partial charge in [0.05, 0.1) is 6.10 Å². The zero-order valence-corrected chi connectivity index (χ0v) is 5.81. The largest absolute Gasteiger partial charge is 0.378 e. The van der Waals surface area contributed by atoms with Crippen LogP contribution in [0.2, 0.25) is 0 Å². The highest BCUT2D eigenvalue weighted by atomic mass is 16.5. The highest BCUT2D eigenvalue weighted by molar-refractivity contribution is 4.72. The lowest BCUT2D eigenvalue weighted by Gasteiger charge is -2.04. The van der Waals surface area contributed by atoms with Crippen LogP contribution in [0.3, 0.4) is 0 Å². The molecular weight excluding hydrogens is 112 g/mol. The first-order valence-corrected chi connectivity index (χ1v) is 3.66. The van der Waals surface area contributed by atoms with Crippen LogP contribution in [0.15, 0.2) is 12.7 Å². The van der Waals surface area contributed by atoms with Gasteiger partial charge in [-0.25, -0.2) is 0 Å². The Bertz CT molecular complexity index is 82.6. The van der Waals surface area contributed by atoms with Crippen LogP contribution in [0.5, 0.6) is 0 Å². The number of hydrogen-bond donors (Lipinski definition) is 0. The molecule has 52 valence electrons. The Balaban J connectivity index is 2.04. The molecular formula is C8H14O. The third-order valence-corrected chi connectivity index (χ3v) is 1.72. The second-order valence-electron chi connectivity index (χ2n) is 2.50. The number of hydrogen-bond acceptors (Lipinski definition) is 1. The van der Waals surface area contributed by atoms with E-state index >= 15 is 0 Å².